The lowest BCUT2D eigenvalue weighted by Gasteiger charge is -2.21. The molecule has 1 amide bonds. The first kappa shape index (κ1) is 18.2. The molecule has 0 aliphatic heterocycles. The highest BCUT2D eigenvalue weighted by Gasteiger charge is 2.26. The Labute approximate surface area is 141 Å². The van der Waals surface area contributed by atoms with Crippen molar-refractivity contribution in [2.75, 3.05) is 12.8 Å². The van der Waals surface area contributed by atoms with Gasteiger partial charge in [0.2, 0.25) is 5.91 Å². The van der Waals surface area contributed by atoms with Crippen molar-refractivity contribution in [1.29, 1.82) is 0 Å². The molecule has 6 nitrogen and oxygen atoms in total. The van der Waals surface area contributed by atoms with Gasteiger partial charge in [0, 0.05) is 12.7 Å². The maximum Gasteiger partial charge on any atom is 0.220 e. The van der Waals surface area contributed by atoms with Gasteiger partial charge in [-0.2, -0.15) is 0 Å². The summed E-state index contributed by atoms with van der Waals surface area (Å²) in [5.74, 6) is 0.188. The van der Waals surface area contributed by atoms with Gasteiger partial charge in [0.25, 0.3) is 0 Å². The zero-order valence-corrected chi connectivity index (χ0v) is 14.5. The van der Waals surface area contributed by atoms with Crippen molar-refractivity contribution in [1.82, 2.24) is 5.32 Å². The molecule has 24 heavy (non-hydrogen) atoms. The Balaban J connectivity index is 1.83. The van der Waals surface area contributed by atoms with Gasteiger partial charge in [0.15, 0.2) is 9.84 Å². The fraction of sp³-hybridized carbons (Fsp3) is 0.353. The predicted molar refractivity (Wildman–Crippen MR) is 89.2 cm³/mol. The number of benzene rings is 1. The van der Waals surface area contributed by atoms with Crippen molar-refractivity contribution in [3.05, 3.63) is 54.0 Å². The molecule has 7 heteroatoms. The second-order valence-electron chi connectivity index (χ2n) is 5.94. The van der Waals surface area contributed by atoms with E-state index in [0.29, 0.717) is 12.2 Å². The Bertz CT molecular complexity index is 777. The third-order valence-electron chi connectivity index (χ3n) is 3.67. The minimum atomic E-state index is -3.21. The van der Waals surface area contributed by atoms with Crippen molar-refractivity contribution in [3.8, 4) is 0 Å². The molecule has 2 aromatic rings. The highest BCUT2D eigenvalue weighted by atomic mass is 32.2. The number of amides is 1. The smallest absolute Gasteiger partial charge is 0.220 e. The zero-order chi connectivity index (χ0) is 17.8. The third-order valence-corrected chi connectivity index (χ3v) is 4.80. The standard InChI is InChI=1S/C17H21NO5S/c1-17(20,15-4-3-11-23-15)12-18-16(19)10-7-13-5-8-14(9-6-13)24(2,21)22/h3-6,8-9,11,20H,7,10,12H2,1-2H3,(H,18,19). The van der Waals surface area contributed by atoms with Crippen LogP contribution in [0.2, 0.25) is 0 Å². The number of furan rings is 1. The molecule has 0 saturated heterocycles. The van der Waals surface area contributed by atoms with E-state index in [0.717, 1.165) is 11.8 Å². The molecule has 1 aromatic heterocycles. The van der Waals surface area contributed by atoms with Crippen LogP contribution in [-0.4, -0.2) is 32.2 Å². The maximum atomic E-state index is 11.9. The van der Waals surface area contributed by atoms with Crippen molar-refractivity contribution >= 4 is 15.7 Å². The van der Waals surface area contributed by atoms with E-state index < -0.39 is 15.4 Å². The van der Waals surface area contributed by atoms with Crippen molar-refractivity contribution in [2.45, 2.75) is 30.3 Å². The molecule has 0 aliphatic rings. The molecular weight excluding hydrogens is 330 g/mol. The lowest BCUT2D eigenvalue weighted by molar-refractivity contribution is -0.122. The molecular formula is C17H21NO5S. The second kappa shape index (κ2) is 7.19. The molecule has 0 aliphatic carbocycles. The Morgan fingerprint density at radius 1 is 1.25 bits per heavy atom. The molecule has 1 unspecified atom stereocenters. The van der Waals surface area contributed by atoms with Gasteiger partial charge < -0.3 is 14.8 Å². The molecule has 130 valence electrons. The van der Waals surface area contributed by atoms with E-state index >= 15 is 0 Å². The van der Waals surface area contributed by atoms with Crippen LogP contribution in [0.25, 0.3) is 0 Å². The van der Waals surface area contributed by atoms with Gasteiger partial charge in [0.1, 0.15) is 11.4 Å². The zero-order valence-electron chi connectivity index (χ0n) is 13.7. The summed E-state index contributed by atoms with van der Waals surface area (Å²) >= 11 is 0. The summed E-state index contributed by atoms with van der Waals surface area (Å²) in [6.07, 6.45) is 3.34. The van der Waals surface area contributed by atoms with E-state index in [9.17, 15) is 18.3 Å². The fourth-order valence-electron chi connectivity index (χ4n) is 2.19. The summed E-state index contributed by atoms with van der Waals surface area (Å²) in [6.45, 7) is 1.61. The normalized spacial score (nSPS) is 14.1. The van der Waals surface area contributed by atoms with Crippen molar-refractivity contribution < 1.29 is 22.7 Å². The van der Waals surface area contributed by atoms with Crippen LogP contribution >= 0.6 is 0 Å². The number of sulfone groups is 1. The molecule has 1 aromatic carbocycles. The molecule has 0 radical (unpaired) electrons. The van der Waals surface area contributed by atoms with Crippen molar-refractivity contribution in [3.63, 3.8) is 0 Å². The minimum Gasteiger partial charge on any atom is -0.466 e. The summed E-state index contributed by atoms with van der Waals surface area (Å²) in [7, 11) is -3.21. The van der Waals surface area contributed by atoms with Gasteiger partial charge >= 0.3 is 0 Å². The van der Waals surface area contributed by atoms with Gasteiger partial charge in [-0.05, 0) is 43.2 Å². The molecule has 0 spiro atoms. The monoisotopic (exact) mass is 351 g/mol. The first-order chi connectivity index (χ1) is 11.2. The van der Waals surface area contributed by atoms with Gasteiger partial charge in [-0.15, -0.1) is 0 Å². The summed E-state index contributed by atoms with van der Waals surface area (Å²) in [4.78, 5) is 12.2. The Morgan fingerprint density at radius 2 is 1.92 bits per heavy atom. The molecule has 1 heterocycles. The first-order valence-corrected chi connectivity index (χ1v) is 9.40. The number of carbonyl (C=O) groups excluding carboxylic acids is 1. The van der Waals surface area contributed by atoms with Crippen LogP contribution in [0.4, 0.5) is 0 Å². The van der Waals surface area contributed by atoms with Gasteiger partial charge in [-0.1, -0.05) is 12.1 Å². The molecule has 1 atom stereocenters. The van der Waals surface area contributed by atoms with Crippen LogP contribution in [0.3, 0.4) is 0 Å². The number of hydrogen-bond donors (Lipinski definition) is 2. The number of nitrogens with one attached hydrogen (secondary N) is 1. The lowest BCUT2D eigenvalue weighted by Crippen LogP contribution is -2.38. The van der Waals surface area contributed by atoms with E-state index in [1.807, 2.05) is 0 Å². The van der Waals surface area contributed by atoms with Crippen LogP contribution in [0.15, 0.2) is 52.0 Å². The average molecular weight is 351 g/mol. The van der Waals surface area contributed by atoms with Gasteiger partial charge in [0.05, 0.1) is 17.7 Å². The minimum absolute atomic E-state index is 0.0480. The molecule has 0 saturated carbocycles. The Hall–Kier alpha value is -2.12. The lowest BCUT2D eigenvalue weighted by atomic mass is 10.0. The summed E-state index contributed by atoms with van der Waals surface area (Å²) in [5, 5.41) is 12.9. The van der Waals surface area contributed by atoms with Crippen LogP contribution in [0.5, 0.6) is 0 Å². The van der Waals surface area contributed by atoms with Crippen LogP contribution in [0, 0.1) is 0 Å². The Kier molecular flexibility index (Phi) is 5.46. The molecule has 0 bridgehead atoms. The van der Waals surface area contributed by atoms with Crippen LogP contribution in [0.1, 0.15) is 24.7 Å². The first-order valence-electron chi connectivity index (χ1n) is 7.50. The van der Waals surface area contributed by atoms with E-state index in [1.165, 1.54) is 18.4 Å². The summed E-state index contributed by atoms with van der Waals surface area (Å²) < 4.78 is 27.9. The number of hydrogen-bond acceptors (Lipinski definition) is 5. The van der Waals surface area contributed by atoms with Gasteiger partial charge in [-0.25, -0.2) is 8.42 Å². The quantitative estimate of drug-likeness (QED) is 0.790. The van der Waals surface area contributed by atoms with E-state index in [1.54, 1.807) is 31.2 Å². The topological polar surface area (TPSA) is 96.6 Å². The van der Waals surface area contributed by atoms with Crippen molar-refractivity contribution in [2.24, 2.45) is 0 Å². The number of rotatable bonds is 7. The maximum absolute atomic E-state index is 11.9. The fourth-order valence-corrected chi connectivity index (χ4v) is 2.82. The van der Waals surface area contributed by atoms with E-state index in [-0.39, 0.29) is 23.8 Å². The van der Waals surface area contributed by atoms with Crippen LogP contribution in [-0.2, 0) is 26.7 Å². The number of aliphatic hydroxyl groups is 1. The Morgan fingerprint density at radius 3 is 2.46 bits per heavy atom. The van der Waals surface area contributed by atoms with Crippen LogP contribution < -0.4 is 5.32 Å². The highest BCUT2D eigenvalue weighted by molar-refractivity contribution is 7.90. The SMILES string of the molecule is CC(O)(CNC(=O)CCc1ccc(S(C)(=O)=O)cc1)c1ccco1. The molecule has 2 rings (SSSR count). The third kappa shape index (κ3) is 4.94. The molecule has 0 fully saturated rings. The number of aryl methyl sites for hydroxylation is 1. The highest BCUT2D eigenvalue weighted by Crippen LogP contribution is 2.19. The summed E-state index contributed by atoms with van der Waals surface area (Å²) in [5.41, 5.74) is -0.397. The van der Waals surface area contributed by atoms with Gasteiger partial charge in [-0.3, -0.25) is 4.79 Å². The number of carbonyl (C=O) groups is 1. The van der Waals surface area contributed by atoms with E-state index in [4.69, 9.17) is 4.42 Å². The molecule has 2 N–H and O–H groups in total. The predicted octanol–water partition coefficient (Wildman–Crippen LogP) is 1.64. The average Bonchev–Trinajstić information content (AvgIpc) is 3.06. The largest absolute Gasteiger partial charge is 0.466 e. The second-order valence-corrected chi connectivity index (χ2v) is 7.96. The van der Waals surface area contributed by atoms with E-state index in [2.05, 4.69) is 5.32 Å². The summed E-state index contributed by atoms with van der Waals surface area (Å²) in [6, 6.07) is 9.78.